The fourth-order valence-corrected chi connectivity index (χ4v) is 3.43. The van der Waals surface area contributed by atoms with Gasteiger partial charge in [0.1, 0.15) is 11.6 Å². The quantitative estimate of drug-likeness (QED) is 0.586. The van der Waals surface area contributed by atoms with Crippen molar-refractivity contribution in [2.75, 3.05) is 0 Å². The van der Waals surface area contributed by atoms with Crippen LogP contribution in [0.3, 0.4) is 0 Å². The second-order valence-electron chi connectivity index (χ2n) is 6.14. The number of aryl methyl sites for hydroxylation is 1. The Bertz CT molecular complexity index is 936. The summed E-state index contributed by atoms with van der Waals surface area (Å²) in [5.41, 5.74) is 6.81. The molecular weight excluding hydrogens is 277 g/mol. The molecule has 0 bridgehead atoms. The fraction of sp³-hybridized carbons (Fsp3) is 0.211. The van der Waals surface area contributed by atoms with Crippen LogP contribution in [0.15, 0.2) is 30.3 Å². The highest BCUT2D eigenvalue weighted by atomic mass is 19.1. The van der Waals surface area contributed by atoms with E-state index >= 15 is 0 Å². The number of rotatable bonds is 2. The lowest BCUT2D eigenvalue weighted by Crippen LogP contribution is -1.97. The van der Waals surface area contributed by atoms with Gasteiger partial charge in [0.25, 0.3) is 0 Å². The van der Waals surface area contributed by atoms with E-state index < -0.39 is 0 Å². The first-order chi connectivity index (χ1) is 10.5. The summed E-state index contributed by atoms with van der Waals surface area (Å²) >= 11 is 0. The average Bonchev–Trinajstić information content (AvgIpc) is 2.98. The van der Waals surface area contributed by atoms with Crippen LogP contribution in [0.4, 0.5) is 4.39 Å². The summed E-state index contributed by atoms with van der Waals surface area (Å²) in [5, 5.41) is 0.961. The molecule has 1 aromatic heterocycles. The average molecular weight is 293 g/mol. The Balaban J connectivity index is 1.87. The number of aromatic amines is 1. The molecule has 22 heavy (non-hydrogen) atoms. The van der Waals surface area contributed by atoms with Gasteiger partial charge in [-0.15, -0.1) is 0 Å². The second-order valence-corrected chi connectivity index (χ2v) is 6.14. The van der Waals surface area contributed by atoms with Gasteiger partial charge in [-0.3, -0.25) is 4.79 Å². The summed E-state index contributed by atoms with van der Waals surface area (Å²) in [6.07, 6.45) is 1.26. The molecule has 4 rings (SSSR count). The first kappa shape index (κ1) is 13.3. The molecule has 1 heterocycles. The van der Waals surface area contributed by atoms with Gasteiger partial charge in [-0.25, -0.2) is 4.39 Å². The van der Waals surface area contributed by atoms with Gasteiger partial charge >= 0.3 is 0 Å². The van der Waals surface area contributed by atoms with E-state index in [4.69, 9.17) is 0 Å². The zero-order valence-electron chi connectivity index (χ0n) is 12.6. The minimum Gasteiger partial charge on any atom is -0.352 e. The van der Waals surface area contributed by atoms with Gasteiger partial charge in [-0.05, 0) is 36.1 Å². The van der Waals surface area contributed by atoms with E-state index in [0.29, 0.717) is 17.5 Å². The van der Waals surface area contributed by atoms with E-state index in [1.165, 1.54) is 5.56 Å². The fourth-order valence-electron chi connectivity index (χ4n) is 3.43. The molecule has 2 nitrogen and oxygen atoms in total. The summed E-state index contributed by atoms with van der Waals surface area (Å²) in [5.74, 6) is 0.00103. The summed E-state index contributed by atoms with van der Waals surface area (Å²) in [4.78, 5) is 14.5. The highest BCUT2D eigenvalue weighted by Crippen LogP contribution is 2.41. The summed E-state index contributed by atoms with van der Waals surface area (Å²) < 4.78 is 14.3. The van der Waals surface area contributed by atoms with Gasteiger partial charge in [0.15, 0.2) is 0 Å². The van der Waals surface area contributed by atoms with Crippen LogP contribution in [-0.4, -0.2) is 10.8 Å². The SMILES string of the molecule is CC(=O)Cc1ccc2c(c1)Cc1c-2[nH]c2c(F)c(C)ccc12. The van der Waals surface area contributed by atoms with Crippen molar-refractivity contribution in [2.45, 2.75) is 26.7 Å². The van der Waals surface area contributed by atoms with Crippen LogP contribution in [0, 0.1) is 12.7 Å². The molecule has 0 saturated carbocycles. The number of nitrogens with one attached hydrogen (secondary N) is 1. The smallest absolute Gasteiger partial charge is 0.150 e. The predicted molar refractivity (Wildman–Crippen MR) is 85.6 cm³/mol. The maximum atomic E-state index is 14.3. The number of Topliss-reactive ketones (excluding diaryl/α,β-unsaturated/α-hetero) is 1. The van der Waals surface area contributed by atoms with Gasteiger partial charge in [0.05, 0.1) is 11.2 Å². The van der Waals surface area contributed by atoms with E-state index in [-0.39, 0.29) is 11.6 Å². The Morgan fingerprint density at radius 3 is 2.86 bits per heavy atom. The Morgan fingerprint density at radius 1 is 1.27 bits per heavy atom. The van der Waals surface area contributed by atoms with Crippen LogP contribution in [0.25, 0.3) is 22.2 Å². The summed E-state index contributed by atoms with van der Waals surface area (Å²) in [6, 6.07) is 9.95. The maximum absolute atomic E-state index is 14.3. The van der Waals surface area contributed by atoms with Crippen molar-refractivity contribution in [1.29, 1.82) is 0 Å². The molecule has 2 aromatic carbocycles. The van der Waals surface area contributed by atoms with E-state index in [1.54, 1.807) is 13.8 Å². The van der Waals surface area contributed by atoms with Gasteiger partial charge < -0.3 is 4.98 Å². The number of hydrogen-bond donors (Lipinski definition) is 1. The molecule has 1 aliphatic rings. The highest BCUT2D eigenvalue weighted by Gasteiger charge is 2.24. The number of fused-ring (bicyclic) bond motifs is 5. The molecule has 3 heteroatoms. The first-order valence-corrected chi connectivity index (χ1v) is 7.46. The standard InChI is InChI=1S/C19H16FNO/c1-10-3-5-15-16-9-13-8-12(7-11(2)22)4-6-14(13)18(16)21-19(15)17(10)20/h3-6,8,21H,7,9H2,1-2H3. The molecule has 0 spiro atoms. The number of halogens is 1. The first-order valence-electron chi connectivity index (χ1n) is 7.46. The predicted octanol–water partition coefficient (Wildman–Crippen LogP) is 4.32. The molecule has 0 saturated heterocycles. The van der Waals surface area contributed by atoms with E-state index in [2.05, 4.69) is 11.1 Å². The number of aromatic nitrogens is 1. The lowest BCUT2D eigenvalue weighted by Gasteiger charge is -2.04. The summed E-state index contributed by atoms with van der Waals surface area (Å²) in [7, 11) is 0. The Hall–Kier alpha value is -2.42. The zero-order chi connectivity index (χ0) is 15.4. The van der Waals surface area contributed by atoms with Gasteiger partial charge in [0, 0.05) is 23.8 Å². The number of benzene rings is 2. The lowest BCUT2D eigenvalue weighted by atomic mass is 10.0. The van der Waals surface area contributed by atoms with Crippen molar-refractivity contribution in [3.63, 3.8) is 0 Å². The molecule has 0 radical (unpaired) electrons. The van der Waals surface area contributed by atoms with E-state index in [9.17, 15) is 9.18 Å². The minimum atomic E-state index is -0.165. The van der Waals surface area contributed by atoms with Crippen LogP contribution in [0.5, 0.6) is 0 Å². The van der Waals surface area contributed by atoms with Crippen molar-refractivity contribution in [3.05, 3.63) is 58.4 Å². The third kappa shape index (κ3) is 1.82. The molecule has 0 unspecified atom stereocenters. The van der Waals surface area contributed by atoms with Crippen molar-refractivity contribution in [1.82, 2.24) is 4.98 Å². The molecule has 1 aliphatic carbocycles. The van der Waals surface area contributed by atoms with Crippen LogP contribution in [0.2, 0.25) is 0 Å². The van der Waals surface area contributed by atoms with Crippen LogP contribution < -0.4 is 0 Å². The Morgan fingerprint density at radius 2 is 2.09 bits per heavy atom. The normalized spacial score (nSPS) is 12.5. The van der Waals surface area contributed by atoms with Crippen LogP contribution >= 0.6 is 0 Å². The summed E-state index contributed by atoms with van der Waals surface area (Å²) in [6.45, 7) is 3.39. The van der Waals surface area contributed by atoms with Crippen molar-refractivity contribution < 1.29 is 9.18 Å². The third-order valence-electron chi connectivity index (χ3n) is 4.47. The van der Waals surface area contributed by atoms with E-state index in [1.807, 2.05) is 24.3 Å². The molecule has 0 aliphatic heterocycles. The van der Waals surface area contributed by atoms with Crippen LogP contribution in [0.1, 0.15) is 29.2 Å². The van der Waals surface area contributed by atoms with Gasteiger partial charge in [-0.1, -0.05) is 30.3 Å². The largest absolute Gasteiger partial charge is 0.352 e. The monoisotopic (exact) mass is 293 g/mol. The third-order valence-corrected chi connectivity index (χ3v) is 4.47. The Kier molecular flexibility index (Phi) is 2.73. The van der Waals surface area contributed by atoms with Crippen molar-refractivity contribution in [3.8, 4) is 11.3 Å². The molecule has 1 N–H and O–H groups in total. The lowest BCUT2D eigenvalue weighted by molar-refractivity contribution is -0.116. The topological polar surface area (TPSA) is 32.9 Å². The Labute approximate surface area is 128 Å². The molecule has 0 amide bonds. The molecule has 0 atom stereocenters. The minimum absolute atomic E-state index is 0.165. The molecule has 110 valence electrons. The van der Waals surface area contributed by atoms with Crippen LogP contribution in [-0.2, 0) is 17.6 Å². The number of ketones is 1. The van der Waals surface area contributed by atoms with Gasteiger partial charge in [0.2, 0.25) is 0 Å². The molecule has 0 fully saturated rings. The van der Waals surface area contributed by atoms with Crippen molar-refractivity contribution in [2.24, 2.45) is 0 Å². The molecular formula is C19H16FNO. The zero-order valence-corrected chi connectivity index (χ0v) is 12.6. The van der Waals surface area contributed by atoms with Crippen molar-refractivity contribution >= 4 is 16.7 Å². The van der Waals surface area contributed by atoms with E-state index in [0.717, 1.165) is 34.2 Å². The van der Waals surface area contributed by atoms with Gasteiger partial charge in [-0.2, -0.15) is 0 Å². The highest BCUT2D eigenvalue weighted by molar-refractivity contribution is 5.95. The number of carbonyl (C=O) groups is 1. The number of H-pyrrole nitrogens is 1. The maximum Gasteiger partial charge on any atom is 0.150 e. The number of carbonyl (C=O) groups excluding carboxylic acids is 1. The number of hydrogen-bond acceptors (Lipinski definition) is 1. The molecule has 3 aromatic rings. The second kappa shape index (κ2) is 4.54.